The molecule has 0 saturated carbocycles. The molecule has 0 atom stereocenters. The van der Waals surface area contributed by atoms with Gasteiger partial charge >= 0.3 is 51.4 Å². The summed E-state index contributed by atoms with van der Waals surface area (Å²) in [6.07, 6.45) is 3.41. The maximum atomic E-state index is 11.9. The number of carbonyl (C=O) groups is 1. The Hall–Kier alpha value is -2.95. The number of carbonyl (C=O) groups excluding carboxylic acids is 1. The van der Waals surface area contributed by atoms with Gasteiger partial charge < -0.3 is 16.3 Å². The van der Waals surface area contributed by atoms with Crippen molar-refractivity contribution >= 4 is 93.8 Å². The molecule has 0 aliphatic carbocycles. The molecular weight excluding hydrogens is 1050 g/mol. The van der Waals surface area contributed by atoms with E-state index in [4.69, 9.17) is 26.2 Å². The zero-order valence-corrected chi connectivity index (χ0v) is 42.4. The van der Waals surface area contributed by atoms with Crippen molar-refractivity contribution in [2.45, 2.75) is 6.92 Å². The normalized spacial score (nSPS) is 9.66. The quantitative estimate of drug-likeness (QED) is 0.0477. The predicted octanol–water partition coefficient (Wildman–Crippen LogP) is 10.3. The third-order valence-electron chi connectivity index (χ3n) is 7.55. The number of allylic oxidation sites excluding steroid dienone is 1. The molecule has 0 aliphatic rings. The molecule has 0 bridgehead atoms. The second kappa shape index (κ2) is 29.3. The van der Waals surface area contributed by atoms with E-state index in [9.17, 15) is 4.79 Å². The minimum absolute atomic E-state index is 0. The van der Waals surface area contributed by atoms with Crippen LogP contribution in [0.1, 0.15) is 28.4 Å². The van der Waals surface area contributed by atoms with E-state index >= 15 is 0 Å². The van der Waals surface area contributed by atoms with Crippen LogP contribution in [0.2, 0.25) is 0 Å². The number of amidine groups is 1. The number of nitrogen functional groups attached to an aromatic ring is 1. The molecule has 0 saturated heterocycles. The summed E-state index contributed by atoms with van der Waals surface area (Å²) in [4.78, 5) is 21.5. The zero-order valence-electron chi connectivity index (χ0n) is 32.1. The number of nitrogens with two attached hydrogens (primary N) is 1. The fourth-order valence-corrected chi connectivity index (χ4v) is 5.83. The fourth-order valence-electron chi connectivity index (χ4n) is 4.77. The van der Waals surface area contributed by atoms with Crippen LogP contribution >= 0.6 is 76.1 Å². The van der Waals surface area contributed by atoms with Gasteiger partial charge in [-0.05, 0) is 85.3 Å². The molecule has 0 fully saturated rings. The first-order valence-electron chi connectivity index (χ1n) is 17.3. The first-order valence-corrected chi connectivity index (χ1v) is 20.4. The molecule has 7 nitrogen and oxygen atoms in total. The Morgan fingerprint density at radius 3 is 1.37 bits per heavy atom. The minimum atomic E-state index is 0. The Morgan fingerprint density at radius 1 is 0.610 bits per heavy atom. The predicted molar refractivity (Wildman–Crippen MR) is 255 cm³/mol. The van der Waals surface area contributed by atoms with E-state index < -0.39 is 0 Å². The number of nitrogens with zero attached hydrogens (tertiary/aromatic N) is 2. The van der Waals surface area contributed by atoms with Crippen LogP contribution in [0.5, 0.6) is 0 Å². The zero-order chi connectivity index (χ0) is 40.3. The monoisotopic (exact) mass is 1090 g/mol. The van der Waals surface area contributed by atoms with Crippen molar-refractivity contribution in [3.8, 4) is 33.9 Å². The number of aromatic nitrogens is 2. The number of aliphatic hydroxyl groups is 1. The summed E-state index contributed by atoms with van der Waals surface area (Å²) < 4.78 is 4.09. The van der Waals surface area contributed by atoms with Gasteiger partial charge in [0.05, 0.1) is 11.4 Å². The van der Waals surface area contributed by atoms with Gasteiger partial charge in [-0.1, -0.05) is 167 Å². The smallest absolute Gasteiger partial charge is 0.870 e. The van der Waals surface area contributed by atoms with Gasteiger partial charge in [0.1, 0.15) is 5.84 Å². The van der Waals surface area contributed by atoms with Crippen LogP contribution in [-0.4, -0.2) is 38.8 Å². The number of rotatable bonds is 7. The van der Waals surface area contributed by atoms with Crippen LogP contribution in [0.4, 0.5) is 0 Å². The Bertz CT molecular complexity index is 2260. The van der Waals surface area contributed by atoms with Crippen LogP contribution in [0.15, 0.2) is 188 Å². The van der Waals surface area contributed by atoms with Crippen LogP contribution in [0.3, 0.4) is 0 Å². The molecule has 59 heavy (non-hydrogen) atoms. The van der Waals surface area contributed by atoms with Gasteiger partial charge in [-0.25, -0.2) is 9.97 Å². The molecule has 6 aromatic carbocycles. The summed E-state index contributed by atoms with van der Waals surface area (Å²) in [6, 6.07) is 52.8. The summed E-state index contributed by atoms with van der Waals surface area (Å²) in [5, 5.41) is 14.6. The molecule has 0 unspecified atom stereocenters. The Labute approximate surface area is 428 Å². The molecule has 298 valence electrons. The molecule has 1 heterocycles. The average Bonchev–Trinajstić information content (AvgIpc) is 3.22. The van der Waals surface area contributed by atoms with Gasteiger partial charge in [-0.15, -0.1) is 12.4 Å². The summed E-state index contributed by atoms with van der Waals surface area (Å²) in [6.45, 7) is 1.93. The van der Waals surface area contributed by atoms with Crippen LogP contribution in [0.25, 0.3) is 40.0 Å². The largest absolute Gasteiger partial charge is 1.00 e. The number of halogens is 5. The third kappa shape index (κ3) is 19.1. The SMILES string of the molecule is Brc1ccc(-c2cc(-c3ccc(Br)cc3)nc(-c3ccccc3)n2)cc1.CCO.Cl.N=C(N)c1ccccc1.O=C(/C=C/c1ccc(Br)cc1)c1ccc(Br)cc1.[K+].[OH-]. The number of hydrogen-bond acceptors (Lipinski definition) is 6. The molecule has 13 heteroatoms. The topological polar surface area (TPSA) is 143 Å². The van der Waals surface area contributed by atoms with Crippen molar-refractivity contribution in [2.75, 3.05) is 6.61 Å². The maximum absolute atomic E-state index is 11.9. The Balaban J connectivity index is 0.000000460. The van der Waals surface area contributed by atoms with E-state index in [0.717, 1.165) is 62.9 Å². The Morgan fingerprint density at radius 2 is 0.983 bits per heavy atom. The van der Waals surface area contributed by atoms with Crippen molar-refractivity contribution < 1.29 is 66.8 Å². The van der Waals surface area contributed by atoms with Crippen LogP contribution < -0.4 is 57.1 Å². The first-order chi connectivity index (χ1) is 27.1. The minimum Gasteiger partial charge on any atom is -0.870 e. The van der Waals surface area contributed by atoms with E-state index in [-0.39, 0.29) is 87.5 Å². The van der Waals surface area contributed by atoms with E-state index in [0.29, 0.717) is 5.56 Å². The van der Waals surface area contributed by atoms with Crippen molar-refractivity contribution in [3.05, 3.63) is 204 Å². The molecule has 0 radical (unpaired) electrons. The standard InChI is InChI=1S/C22H14Br2N2.C15H10Br2O.C7H8N2.C2H6O.ClH.K.H2O/c23-18-10-6-15(7-11-18)20-14-21(16-8-12-19(24)13-9-16)26-22(25-20)17-4-2-1-3-5-17;16-13-6-1-11(2-7-13)3-10-15(18)12-4-8-14(17)9-5-12;8-7(9)6-4-2-1-3-5-6;1-2-3;;;/h1-14H;1-10H;1-5H,(H3,8,9);3H,2H2,1H3;1H;;1H2/q;;;;;+1;/p-1/b;10-3+;;;;;. The number of ketones is 1. The summed E-state index contributed by atoms with van der Waals surface area (Å²) in [7, 11) is 0. The first kappa shape index (κ1) is 54.1. The van der Waals surface area contributed by atoms with Crippen molar-refractivity contribution in [3.63, 3.8) is 0 Å². The molecule has 0 aliphatic heterocycles. The average molecular weight is 1090 g/mol. The molecule has 5 N–H and O–H groups in total. The molecule has 0 amide bonds. The van der Waals surface area contributed by atoms with Crippen LogP contribution in [-0.2, 0) is 0 Å². The van der Waals surface area contributed by atoms with Crippen molar-refractivity contribution in [2.24, 2.45) is 5.73 Å². The van der Waals surface area contributed by atoms with Gasteiger partial charge in [0, 0.05) is 52.3 Å². The van der Waals surface area contributed by atoms with Crippen LogP contribution in [0, 0.1) is 5.41 Å². The van der Waals surface area contributed by atoms with E-state index in [2.05, 4.69) is 88.0 Å². The van der Waals surface area contributed by atoms with E-state index in [1.54, 1.807) is 25.1 Å². The number of aliphatic hydroxyl groups excluding tert-OH is 1. The second-order valence-corrected chi connectivity index (χ2v) is 15.4. The van der Waals surface area contributed by atoms with Gasteiger partial charge in [0.2, 0.25) is 0 Å². The summed E-state index contributed by atoms with van der Waals surface area (Å²) in [5.41, 5.74) is 12.6. The second-order valence-electron chi connectivity index (χ2n) is 11.7. The summed E-state index contributed by atoms with van der Waals surface area (Å²) >= 11 is 13.7. The maximum Gasteiger partial charge on any atom is 1.00 e. The number of nitrogens with one attached hydrogen (secondary N) is 1. The number of hydrogen-bond donors (Lipinski definition) is 3. The molecule has 7 rings (SSSR count). The van der Waals surface area contributed by atoms with E-state index in [1.165, 1.54) is 0 Å². The van der Waals surface area contributed by atoms with Gasteiger partial charge in [0.15, 0.2) is 11.6 Å². The summed E-state index contributed by atoms with van der Waals surface area (Å²) in [5.74, 6) is 0.852. The Kier molecular flexibility index (Phi) is 26.9. The molecule has 7 aromatic rings. The molecular formula is C46H40Br4ClKN4O3. The third-order valence-corrected chi connectivity index (χ3v) is 9.66. The molecule has 0 spiro atoms. The fraction of sp³-hybridized carbons (Fsp3) is 0.0435. The molecule has 1 aromatic heterocycles. The van der Waals surface area contributed by atoms with Gasteiger partial charge in [-0.3, -0.25) is 10.2 Å². The van der Waals surface area contributed by atoms with Crippen molar-refractivity contribution in [1.82, 2.24) is 9.97 Å². The van der Waals surface area contributed by atoms with Gasteiger partial charge in [0.25, 0.3) is 0 Å². The van der Waals surface area contributed by atoms with E-state index in [1.807, 2.05) is 133 Å². The van der Waals surface area contributed by atoms with Gasteiger partial charge in [-0.2, -0.15) is 0 Å². The van der Waals surface area contributed by atoms with Crippen molar-refractivity contribution in [1.29, 1.82) is 5.41 Å². The number of benzene rings is 6.